The van der Waals surface area contributed by atoms with Crippen molar-refractivity contribution in [1.29, 1.82) is 0 Å². The van der Waals surface area contributed by atoms with E-state index >= 15 is 0 Å². The highest BCUT2D eigenvalue weighted by molar-refractivity contribution is 5.74. The summed E-state index contributed by atoms with van der Waals surface area (Å²) in [7, 11) is 0. The van der Waals surface area contributed by atoms with Gasteiger partial charge in [0, 0.05) is 12.8 Å². The number of allylic oxidation sites excluding steroid dienone is 15. The SMILES string of the molecule is CC/C=C\C/C=C\C/C=C\C/C=C\C/C=C\CC(=O)OC(COC(=O)CCCCCCCCCCC/C=C\C/C=C\CCCCC)COC1OC(C(=O)O)C(O)C(O)C1OC(=O)CCCCCCC/C=C\CCCCCC. The van der Waals surface area contributed by atoms with E-state index in [-0.39, 0.29) is 25.9 Å². The Kier molecular flexibility index (Phi) is 48.0. The molecule has 0 radical (unpaired) electrons. The maximum Gasteiger partial charge on any atom is 0.335 e. The fraction of sp³-hybridized carbons (Fsp3) is 0.692. The Hall–Kier alpha value is -4.36. The van der Waals surface area contributed by atoms with Crippen molar-refractivity contribution in [2.75, 3.05) is 13.2 Å². The van der Waals surface area contributed by atoms with E-state index in [0.717, 1.165) is 96.3 Å². The van der Waals surface area contributed by atoms with Crippen molar-refractivity contribution in [1.82, 2.24) is 0 Å². The number of hydrogen-bond acceptors (Lipinski definition) is 11. The molecule has 0 aromatic carbocycles. The third kappa shape index (κ3) is 42.3. The van der Waals surface area contributed by atoms with E-state index in [1.54, 1.807) is 6.08 Å². The first-order valence-electron chi connectivity index (χ1n) is 30.2. The second kappa shape index (κ2) is 52.3. The molecule has 77 heavy (non-hydrogen) atoms. The van der Waals surface area contributed by atoms with Crippen LogP contribution in [0, 0.1) is 0 Å². The Bertz CT molecular complexity index is 1710. The molecule has 6 atom stereocenters. The molecule has 0 aromatic rings. The van der Waals surface area contributed by atoms with E-state index in [0.29, 0.717) is 19.3 Å². The van der Waals surface area contributed by atoms with Crippen LogP contribution in [0.25, 0.3) is 0 Å². The van der Waals surface area contributed by atoms with Crippen molar-refractivity contribution < 1.29 is 58.2 Å². The standard InChI is InChI=1S/C65H106O12/c1-4-7-10-13-16-19-22-25-27-28-29-30-32-34-36-39-42-45-48-51-57(66)73-54-56(75-58(67)52-49-46-43-40-38-35-31-26-23-20-17-14-11-8-5-2)55-74-65-63(61(70)60(69)62(77-65)64(71)72)76-59(68)53-50-47-44-41-37-33-24-21-18-15-12-9-6-3/h8,11,16-17,19-21,24-27,31,38,40,46,49,56,60-63,65,69-70H,4-7,9-10,12-15,18,22-23,28-30,32-37,39,41-45,47-48,50-55H2,1-3H3,(H,71,72)/b11-8-,19-16-,20-17-,24-21-,27-25-,31-26-,40-38-,49-46-. The number of ether oxygens (including phenoxy) is 5. The van der Waals surface area contributed by atoms with E-state index in [1.165, 1.54) is 83.5 Å². The molecule has 0 aliphatic carbocycles. The average Bonchev–Trinajstić information content (AvgIpc) is 3.41. The zero-order chi connectivity index (χ0) is 56.1. The summed E-state index contributed by atoms with van der Waals surface area (Å²) in [5.74, 6) is -3.31. The molecule has 1 fully saturated rings. The minimum Gasteiger partial charge on any atom is -0.479 e. The Balaban J connectivity index is 2.73. The summed E-state index contributed by atoms with van der Waals surface area (Å²) in [6.45, 7) is 5.74. The monoisotopic (exact) mass is 1080 g/mol. The number of rotatable bonds is 50. The van der Waals surface area contributed by atoms with E-state index in [1.807, 2.05) is 18.2 Å². The number of esters is 3. The fourth-order valence-corrected chi connectivity index (χ4v) is 8.53. The van der Waals surface area contributed by atoms with Crippen molar-refractivity contribution in [3.63, 3.8) is 0 Å². The third-order valence-corrected chi connectivity index (χ3v) is 13.1. The van der Waals surface area contributed by atoms with Gasteiger partial charge >= 0.3 is 23.9 Å². The highest BCUT2D eigenvalue weighted by Gasteiger charge is 2.50. The minimum atomic E-state index is -1.92. The van der Waals surface area contributed by atoms with E-state index in [9.17, 15) is 34.5 Å². The summed E-state index contributed by atoms with van der Waals surface area (Å²) in [6.07, 6.45) is 56.9. The molecular formula is C65H106O12. The van der Waals surface area contributed by atoms with Crippen LogP contribution in [0.2, 0.25) is 0 Å². The maximum absolute atomic E-state index is 13.1. The van der Waals surface area contributed by atoms with Crippen molar-refractivity contribution in [2.45, 2.75) is 276 Å². The zero-order valence-corrected chi connectivity index (χ0v) is 48.2. The van der Waals surface area contributed by atoms with E-state index in [4.69, 9.17) is 23.7 Å². The first-order valence-corrected chi connectivity index (χ1v) is 30.2. The number of hydrogen-bond donors (Lipinski definition) is 3. The number of carbonyl (C=O) groups is 4. The number of aliphatic hydroxyl groups excluding tert-OH is 2. The molecule has 0 bridgehead atoms. The molecule has 12 heteroatoms. The van der Waals surface area contributed by atoms with Gasteiger partial charge in [-0.15, -0.1) is 0 Å². The molecule has 1 heterocycles. The van der Waals surface area contributed by atoms with Gasteiger partial charge in [-0.25, -0.2) is 4.79 Å². The Morgan fingerprint density at radius 2 is 0.857 bits per heavy atom. The predicted octanol–water partition coefficient (Wildman–Crippen LogP) is 15.7. The van der Waals surface area contributed by atoms with Crippen molar-refractivity contribution in [3.05, 3.63) is 97.2 Å². The first-order chi connectivity index (χ1) is 37.6. The lowest BCUT2D eigenvalue weighted by Gasteiger charge is -2.40. The number of aliphatic hydroxyl groups is 2. The van der Waals surface area contributed by atoms with Crippen LogP contribution < -0.4 is 0 Å². The summed E-state index contributed by atoms with van der Waals surface area (Å²) in [5, 5.41) is 31.5. The van der Waals surface area contributed by atoms with Crippen LogP contribution in [0.15, 0.2) is 97.2 Å². The molecular weight excluding hydrogens is 973 g/mol. The molecule has 3 N–H and O–H groups in total. The van der Waals surface area contributed by atoms with Gasteiger partial charge in [-0.2, -0.15) is 0 Å². The molecule has 0 spiro atoms. The summed E-state index contributed by atoms with van der Waals surface area (Å²) in [6, 6.07) is 0. The lowest BCUT2D eigenvalue weighted by Crippen LogP contribution is -2.61. The van der Waals surface area contributed by atoms with Crippen molar-refractivity contribution >= 4 is 23.9 Å². The van der Waals surface area contributed by atoms with Gasteiger partial charge in [0.25, 0.3) is 0 Å². The summed E-state index contributed by atoms with van der Waals surface area (Å²) >= 11 is 0. The van der Waals surface area contributed by atoms with Gasteiger partial charge in [0.2, 0.25) is 0 Å². The van der Waals surface area contributed by atoms with Crippen LogP contribution >= 0.6 is 0 Å². The van der Waals surface area contributed by atoms with Crippen LogP contribution in [0.1, 0.15) is 239 Å². The summed E-state index contributed by atoms with van der Waals surface area (Å²) in [4.78, 5) is 51.1. The van der Waals surface area contributed by atoms with Gasteiger partial charge in [-0.1, -0.05) is 214 Å². The number of carboxylic acids is 1. The number of carboxylic acid groups (broad SMARTS) is 1. The van der Waals surface area contributed by atoms with Gasteiger partial charge in [-0.3, -0.25) is 14.4 Å². The lowest BCUT2D eigenvalue weighted by molar-refractivity contribution is -0.301. The Morgan fingerprint density at radius 1 is 0.455 bits per heavy atom. The van der Waals surface area contributed by atoms with Crippen molar-refractivity contribution in [3.8, 4) is 0 Å². The van der Waals surface area contributed by atoms with E-state index < -0.39 is 67.3 Å². The molecule has 6 unspecified atom stereocenters. The van der Waals surface area contributed by atoms with Gasteiger partial charge in [0.05, 0.1) is 13.0 Å². The molecule has 0 aromatic heterocycles. The van der Waals surface area contributed by atoms with Gasteiger partial charge in [-0.05, 0) is 103 Å². The topological polar surface area (TPSA) is 175 Å². The largest absolute Gasteiger partial charge is 0.479 e. The molecule has 1 rings (SSSR count). The quantitative estimate of drug-likeness (QED) is 0.0228. The highest BCUT2D eigenvalue weighted by Crippen LogP contribution is 2.26. The first kappa shape index (κ1) is 70.7. The van der Waals surface area contributed by atoms with Crippen LogP contribution in [0.5, 0.6) is 0 Å². The van der Waals surface area contributed by atoms with Crippen LogP contribution in [0.4, 0.5) is 0 Å². The second-order valence-corrected chi connectivity index (χ2v) is 20.3. The minimum absolute atomic E-state index is 0.0360. The molecule has 0 amide bonds. The lowest BCUT2D eigenvalue weighted by atomic mass is 9.98. The predicted molar refractivity (Wildman–Crippen MR) is 312 cm³/mol. The van der Waals surface area contributed by atoms with Gasteiger partial charge in [0.1, 0.15) is 18.8 Å². The molecule has 1 aliphatic rings. The summed E-state index contributed by atoms with van der Waals surface area (Å²) < 4.78 is 28.3. The second-order valence-electron chi connectivity index (χ2n) is 20.3. The molecule has 0 saturated carbocycles. The maximum atomic E-state index is 13.1. The van der Waals surface area contributed by atoms with E-state index in [2.05, 4.69) is 93.7 Å². The Morgan fingerprint density at radius 3 is 1.35 bits per heavy atom. The normalized spacial score (nSPS) is 18.7. The van der Waals surface area contributed by atoms with Crippen LogP contribution in [-0.2, 0) is 42.9 Å². The highest BCUT2D eigenvalue weighted by atomic mass is 16.7. The third-order valence-electron chi connectivity index (χ3n) is 13.1. The van der Waals surface area contributed by atoms with Crippen molar-refractivity contribution in [2.24, 2.45) is 0 Å². The molecule has 12 nitrogen and oxygen atoms in total. The van der Waals surface area contributed by atoms with Gasteiger partial charge < -0.3 is 39.0 Å². The number of unbranched alkanes of at least 4 members (excludes halogenated alkanes) is 21. The zero-order valence-electron chi connectivity index (χ0n) is 48.2. The number of aliphatic carboxylic acids is 1. The molecule has 1 saturated heterocycles. The number of carbonyl (C=O) groups excluding carboxylic acids is 3. The Labute approximate surface area is 466 Å². The smallest absolute Gasteiger partial charge is 0.335 e. The fourth-order valence-electron chi connectivity index (χ4n) is 8.53. The van der Waals surface area contributed by atoms with Gasteiger partial charge in [0.15, 0.2) is 24.6 Å². The summed E-state index contributed by atoms with van der Waals surface area (Å²) in [5.41, 5.74) is 0. The molecule has 1 aliphatic heterocycles. The molecule has 438 valence electrons. The van der Waals surface area contributed by atoms with Crippen LogP contribution in [-0.4, -0.2) is 89.2 Å². The van der Waals surface area contributed by atoms with Crippen LogP contribution in [0.3, 0.4) is 0 Å². The average molecular weight is 1080 g/mol.